The third kappa shape index (κ3) is 7.15. The summed E-state index contributed by atoms with van der Waals surface area (Å²) in [6.45, 7) is -0.667. The van der Waals surface area contributed by atoms with Gasteiger partial charge in [-0.05, 0) is 36.4 Å². The largest absolute Gasteiger partial charge is 0.476 e. The van der Waals surface area contributed by atoms with Crippen molar-refractivity contribution in [2.75, 3.05) is 35.3 Å². The lowest BCUT2D eigenvalue weighted by atomic mass is 10.1. The molecular formula is C26H25N5O6. The van der Waals surface area contributed by atoms with Gasteiger partial charge in [0.2, 0.25) is 11.8 Å². The summed E-state index contributed by atoms with van der Waals surface area (Å²) in [6, 6.07) is 22.5. The van der Waals surface area contributed by atoms with Crippen LogP contribution in [0.4, 0.5) is 21.9 Å². The number of carboxylic acids is 1. The number of nitrogens with one attached hydrogen (secondary N) is 2. The average molecular weight is 504 g/mol. The van der Waals surface area contributed by atoms with Crippen LogP contribution in [0.5, 0.6) is 0 Å². The van der Waals surface area contributed by atoms with Gasteiger partial charge in [0.05, 0.1) is 6.54 Å². The highest BCUT2D eigenvalue weighted by molar-refractivity contribution is 6.42. The van der Waals surface area contributed by atoms with Crippen molar-refractivity contribution in [3.8, 4) is 0 Å². The molecular weight excluding hydrogens is 478 g/mol. The van der Waals surface area contributed by atoms with E-state index < -0.39 is 30.2 Å². The highest BCUT2D eigenvalue weighted by Gasteiger charge is 2.22. The second-order valence-electron chi connectivity index (χ2n) is 7.75. The number of carbonyl (C=O) groups excluding carboxylic acids is 3. The summed E-state index contributed by atoms with van der Waals surface area (Å²) in [4.78, 5) is 52.3. The molecule has 0 aromatic heterocycles. The van der Waals surface area contributed by atoms with Crippen molar-refractivity contribution in [1.29, 1.82) is 0 Å². The number of anilines is 3. The van der Waals surface area contributed by atoms with Gasteiger partial charge < -0.3 is 30.7 Å². The predicted octanol–water partition coefficient (Wildman–Crippen LogP) is 2.77. The van der Waals surface area contributed by atoms with Crippen molar-refractivity contribution in [1.82, 2.24) is 5.32 Å². The van der Waals surface area contributed by atoms with Gasteiger partial charge in [-0.2, -0.15) is 0 Å². The van der Waals surface area contributed by atoms with E-state index in [1.54, 1.807) is 61.6 Å². The maximum Gasteiger partial charge on any atom is 0.358 e. The average Bonchev–Trinajstić information content (AvgIpc) is 2.91. The SMILES string of the molecule is CN(C(=O)CN(C(=O)CNC(=O)Nc1cccc(C(=NO)C(=O)O)c1)c1ccccc1)c1ccccc1. The van der Waals surface area contributed by atoms with Crippen LogP contribution < -0.4 is 20.4 Å². The Kier molecular flexibility index (Phi) is 8.92. The first-order chi connectivity index (χ1) is 17.8. The zero-order chi connectivity index (χ0) is 26.8. The molecule has 37 heavy (non-hydrogen) atoms. The summed E-state index contributed by atoms with van der Waals surface area (Å²) >= 11 is 0. The van der Waals surface area contributed by atoms with Gasteiger partial charge in [0.25, 0.3) is 0 Å². The molecule has 11 nitrogen and oxygen atoms in total. The molecule has 0 aliphatic carbocycles. The van der Waals surface area contributed by atoms with Crippen LogP contribution in [0.3, 0.4) is 0 Å². The van der Waals surface area contributed by atoms with Gasteiger partial charge in [-0.3, -0.25) is 9.59 Å². The highest BCUT2D eigenvalue weighted by Crippen LogP contribution is 2.16. The van der Waals surface area contributed by atoms with Gasteiger partial charge in [0, 0.05) is 29.7 Å². The Hall–Kier alpha value is -5.19. The number of hydrogen-bond donors (Lipinski definition) is 4. The van der Waals surface area contributed by atoms with E-state index in [0.29, 0.717) is 11.4 Å². The lowest BCUT2D eigenvalue weighted by Crippen LogP contribution is -2.46. The number of para-hydroxylation sites is 2. The van der Waals surface area contributed by atoms with E-state index >= 15 is 0 Å². The first-order valence-electron chi connectivity index (χ1n) is 11.1. The fourth-order valence-electron chi connectivity index (χ4n) is 3.36. The van der Waals surface area contributed by atoms with E-state index in [4.69, 9.17) is 10.3 Å². The van der Waals surface area contributed by atoms with E-state index in [-0.39, 0.29) is 23.7 Å². The highest BCUT2D eigenvalue weighted by atomic mass is 16.4. The van der Waals surface area contributed by atoms with E-state index in [1.165, 1.54) is 34.1 Å². The Labute approximate surface area is 212 Å². The molecule has 0 saturated carbocycles. The number of nitrogens with zero attached hydrogens (tertiary/aromatic N) is 3. The molecule has 0 aliphatic rings. The number of amides is 4. The molecule has 0 saturated heterocycles. The van der Waals surface area contributed by atoms with Crippen molar-refractivity contribution in [2.24, 2.45) is 5.16 Å². The minimum Gasteiger partial charge on any atom is -0.476 e. The number of carboxylic acid groups (broad SMARTS) is 1. The van der Waals surface area contributed by atoms with Crippen LogP contribution in [-0.2, 0) is 14.4 Å². The van der Waals surface area contributed by atoms with Gasteiger partial charge in [-0.15, -0.1) is 0 Å². The molecule has 4 amide bonds. The quantitative estimate of drug-likeness (QED) is 0.200. The zero-order valence-electron chi connectivity index (χ0n) is 19.9. The van der Waals surface area contributed by atoms with Gasteiger partial charge in [0.15, 0.2) is 5.71 Å². The summed E-state index contributed by atoms with van der Waals surface area (Å²) in [5.41, 5.74) is 0.846. The third-order valence-corrected chi connectivity index (χ3v) is 5.28. The summed E-state index contributed by atoms with van der Waals surface area (Å²) in [5.74, 6) is -2.29. The molecule has 0 fully saturated rings. The van der Waals surface area contributed by atoms with Crippen molar-refractivity contribution in [2.45, 2.75) is 0 Å². The fourth-order valence-corrected chi connectivity index (χ4v) is 3.36. The predicted molar refractivity (Wildman–Crippen MR) is 138 cm³/mol. The monoisotopic (exact) mass is 503 g/mol. The summed E-state index contributed by atoms with van der Waals surface area (Å²) < 4.78 is 0. The number of carbonyl (C=O) groups is 4. The summed E-state index contributed by atoms with van der Waals surface area (Å²) in [5, 5.41) is 25.7. The van der Waals surface area contributed by atoms with Gasteiger partial charge in [-0.25, -0.2) is 9.59 Å². The number of oxime groups is 1. The first kappa shape index (κ1) is 26.4. The molecule has 0 heterocycles. The van der Waals surface area contributed by atoms with Crippen molar-refractivity contribution in [3.05, 3.63) is 90.5 Å². The molecule has 3 rings (SSSR count). The molecule has 3 aromatic rings. The minimum atomic E-state index is -1.44. The Balaban J connectivity index is 1.67. The Morgan fingerprint density at radius 3 is 2.05 bits per heavy atom. The van der Waals surface area contributed by atoms with Gasteiger partial charge >= 0.3 is 12.0 Å². The molecule has 0 bridgehead atoms. The number of rotatable bonds is 9. The van der Waals surface area contributed by atoms with Crippen LogP contribution in [0.1, 0.15) is 5.56 Å². The lowest BCUT2D eigenvalue weighted by Gasteiger charge is -2.25. The molecule has 11 heteroatoms. The molecule has 0 spiro atoms. The van der Waals surface area contributed by atoms with Crippen LogP contribution in [-0.4, -0.2) is 60.0 Å². The van der Waals surface area contributed by atoms with E-state index in [0.717, 1.165) is 0 Å². The van der Waals surface area contributed by atoms with Crippen LogP contribution in [0, 0.1) is 0 Å². The van der Waals surface area contributed by atoms with Crippen LogP contribution in [0.15, 0.2) is 90.1 Å². The minimum absolute atomic E-state index is 0.0696. The van der Waals surface area contributed by atoms with Crippen LogP contribution in [0.25, 0.3) is 0 Å². The fraction of sp³-hybridized carbons (Fsp3) is 0.115. The second-order valence-corrected chi connectivity index (χ2v) is 7.75. The Morgan fingerprint density at radius 2 is 1.46 bits per heavy atom. The maximum atomic E-state index is 13.1. The van der Waals surface area contributed by atoms with Crippen LogP contribution in [0.2, 0.25) is 0 Å². The second kappa shape index (κ2) is 12.5. The first-order valence-corrected chi connectivity index (χ1v) is 11.1. The van der Waals surface area contributed by atoms with Crippen molar-refractivity contribution in [3.63, 3.8) is 0 Å². The Bertz CT molecular complexity index is 1300. The zero-order valence-corrected chi connectivity index (χ0v) is 19.9. The third-order valence-electron chi connectivity index (χ3n) is 5.28. The van der Waals surface area contributed by atoms with Gasteiger partial charge in [0.1, 0.15) is 6.54 Å². The van der Waals surface area contributed by atoms with Crippen molar-refractivity contribution >= 4 is 46.6 Å². The molecule has 0 radical (unpaired) electrons. The smallest absolute Gasteiger partial charge is 0.358 e. The molecule has 0 atom stereocenters. The molecule has 4 N–H and O–H groups in total. The van der Waals surface area contributed by atoms with Crippen LogP contribution >= 0.6 is 0 Å². The Morgan fingerprint density at radius 1 is 0.838 bits per heavy atom. The number of aliphatic carboxylic acids is 1. The number of benzene rings is 3. The molecule has 0 unspecified atom stereocenters. The number of likely N-dealkylation sites (N-methyl/N-ethyl adjacent to an activating group) is 1. The topological polar surface area (TPSA) is 152 Å². The van der Waals surface area contributed by atoms with Crippen molar-refractivity contribution < 1.29 is 29.5 Å². The van der Waals surface area contributed by atoms with E-state index in [2.05, 4.69) is 15.8 Å². The molecule has 190 valence electrons. The standard InChI is InChI=1S/C26H25N5O6/c1-30(20-11-4-2-5-12-20)23(33)17-31(21-13-6-3-7-14-21)22(32)16-27-26(36)28-19-10-8-9-18(15-19)24(29-37)25(34)35/h2-15,37H,16-17H2,1H3,(H,34,35)(H2,27,28,36). The number of urea groups is 1. The number of hydrogen-bond acceptors (Lipinski definition) is 6. The maximum absolute atomic E-state index is 13.1. The van der Waals surface area contributed by atoms with Gasteiger partial charge in [-0.1, -0.05) is 53.7 Å². The molecule has 0 aliphatic heterocycles. The normalized spacial score (nSPS) is 10.8. The lowest BCUT2D eigenvalue weighted by molar-refractivity contribution is -0.129. The van der Waals surface area contributed by atoms with E-state index in [1.807, 2.05) is 6.07 Å². The van der Waals surface area contributed by atoms with E-state index in [9.17, 15) is 19.2 Å². The summed E-state index contributed by atoms with van der Waals surface area (Å²) in [7, 11) is 1.61. The summed E-state index contributed by atoms with van der Waals surface area (Å²) in [6.07, 6.45) is 0. The molecule has 3 aromatic carbocycles.